The van der Waals surface area contributed by atoms with Crippen molar-refractivity contribution in [1.82, 2.24) is 0 Å². The van der Waals surface area contributed by atoms with Crippen molar-refractivity contribution in [3.8, 4) is 0 Å². The molecule has 4 rings (SSSR count). The van der Waals surface area contributed by atoms with Crippen LogP contribution in [0.25, 0.3) is 0 Å². The molecule has 4 heteroatoms. The second-order valence-corrected chi connectivity index (χ2v) is 12.4. The minimum absolute atomic E-state index is 0.429. The van der Waals surface area contributed by atoms with Gasteiger partial charge in [-0.2, -0.15) is 0 Å². The number of allylic oxidation sites excluding steroid dienone is 4. The molecule has 27 heavy (non-hydrogen) atoms. The molecule has 0 aromatic heterocycles. The van der Waals surface area contributed by atoms with Gasteiger partial charge in [0, 0.05) is 27.4 Å². The van der Waals surface area contributed by atoms with Gasteiger partial charge in [0.25, 0.3) is 0 Å². The Hall–Kier alpha value is -0.423. The van der Waals surface area contributed by atoms with E-state index >= 15 is 0 Å². The molecule has 0 heterocycles. The van der Waals surface area contributed by atoms with E-state index in [-0.39, 0.29) is 0 Å². The smallest absolute Gasteiger partial charge is 0.377 e. The maximum absolute atomic E-state index is 5.47. The number of fused-ring (bicyclic) bond motifs is 4. The minimum Gasteiger partial charge on any atom is -0.377 e. The van der Waals surface area contributed by atoms with Crippen LogP contribution >= 0.6 is 0 Å². The normalized spacial score (nSPS) is 35.7. The molecule has 4 bridgehead atoms. The van der Waals surface area contributed by atoms with Gasteiger partial charge in [0.2, 0.25) is 0 Å². The third kappa shape index (κ3) is 4.77. The molecule has 0 radical (unpaired) electrons. The summed E-state index contributed by atoms with van der Waals surface area (Å²) in [5.41, 5.74) is 1.11. The summed E-state index contributed by atoms with van der Waals surface area (Å²) in [6.45, 7) is 2.29. The first-order chi connectivity index (χ1) is 13.0. The summed E-state index contributed by atoms with van der Waals surface area (Å²) in [5, 5.41) is 0. The monoisotopic (exact) mass is 392 g/mol. The van der Waals surface area contributed by atoms with Crippen molar-refractivity contribution in [3.63, 3.8) is 0 Å². The zero-order valence-corrected chi connectivity index (χ0v) is 19.0. The van der Waals surface area contributed by atoms with Gasteiger partial charge in [0.15, 0.2) is 0 Å². The highest BCUT2D eigenvalue weighted by Gasteiger charge is 2.45. The number of unbranched alkanes of at least 4 members (excludes halogenated alkanes) is 1. The van der Waals surface area contributed by atoms with E-state index in [4.69, 9.17) is 13.3 Å². The molecular formula is C23H40O3Si. The molecule has 4 aliphatic rings. The van der Waals surface area contributed by atoms with Gasteiger partial charge in [-0.05, 0) is 74.0 Å². The highest BCUT2D eigenvalue weighted by Crippen LogP contribution is 2.53. The summed E-state index contributed by atoms with van der Waals surface area (Å²) in [7, 11) is 2.72. The average molecular weight is 393 g/mol. The quantitative estimate of drug-likeness (QED) is 0.348. The maximum atomic E-state index is 5.47. The Kier molecular flexibility index (Phi) is 7.05. The zero-order valence-electron chi connectivity index (χ0n) is 18.0. The Balaban J connectivity index is 0.000000166. The van der Waals surface area contributed by atoms with Crippen LogP contribution in [0.3, 0.4) is 0 Å². The molecule has 4 aliphatic carbocycles. The summed E-state index contributed by atoms with van der Waals surface area (Å²) < 4.78 is 16.4. The molecule has 0 saturated heterocycles. The largest absolute Gasteiger partial charge is 0.500 e. The summed E-state index contributed by atoms with van der Waals surface area (Å²) in [4.78, 5) is 0. The van der Waals surface area contributed by atoms with Crippen LogP contribution in [-0.4, -0.2) is 30.1 Å². The van der Waals surface area contributed by atoms with Gasteiger partial charge in [-0.15, -0.1) is 0 Å². The van der Waals surface area contributed by atoms with E-state index in [1.54, 1.807) is 21.3 Å². The fourth-order valence-electron chi connectivity index (χ4n) is 5.82. The van der Waals surface area contributed by atoms with Crippen molar-refractivity contribution in [2.24, 2.45) is 22.7 Å². The van der Waals surface area contributed by atoms with Crippen molar-refractivity contribution >= 4 is 8.80 Å². The summed E-state index contributed by atoms with van der Waals surface area (Å²) in [5.74, 6) is 1.80. The minimum atomic E-state index is -2.36. The Morgan fingerprint density at radius 1 is 0.852 bits per heavy atom. The van der Waals surface area contributed by atoms with Crippen molar-refractivity contribution < 1.29 is 13.3 Å². The molecule has 3 nitrogen and oxygen atoms in total. The number of hydrogen-bond donors (Lipinski definition) is 0. The topological polar surface area (TPSA) is 27.7 Å². The Labute approximate surface area is 167 Å². The van der Waals surface area contributed by atoms with Crippen LogP contribution in [0.15, 0.2) is 24.3 Å². The fourth-order valence-corrected chi connectivity index (χ4v) is 7.73. The van der Waals surface area contributed by atoms with Crippen LogP contribution in [0.2, 0.25) is 6.04 Å². The number of hydrogen-bond acceptors (Lipinski definition) is 3. The molecule has 0 spiro atoms. The van der Waals surface area contributed by atoms with Crippen molar-refractivity contribution in [1.29, 1.82) is 0 Å². The molecular weight excluding hydrogens is 352 g/mol. The van der Waals surface area contributed by atoms with Crippen molar-refractivity contribution in [2.75, 3.05) is 21.3 Å². The Morgan fingerprint density at radius 3 is 1.70 bits per heavy atom. The molecule has 0 aromatic carbocycles. The van der Waals surface area contributed by atoms with Crippen LogP contribution in [0.1, 0.15) is 71.1 Å². The van der Waals surface area contributed by atoms with Gasteiger partial charge in [0.05, 0.1) is 0 Å². The molecule has 4 atom stereocenters. The first-order valence-electron chi connectivity index (χ1n) is 11.1. The molecule has 4 unspecified atom stereocenters. The molecule has 0 amide bonds. The van der Waals surface area contributed by atoms with E-state index in [1.807, 2.05) is 0 Å². The summed E-state index contributed by atoms with van der Waals surface area (Å²) >= 11 is 0. The maximum Gasteiger partial charge on any atom is 0.500 e. The molecule has 0 N–H and O–H groups in total. The van der Waals surface area contributed by atoms with Crippen LogP contribution in [0.4, 0.5) is 0 Å². The van der Waals surface area contributed by atoms with Crippen molar-refractivity contribution in [2.45, 2.75) is 77.2 Å². The van der Waals surface area contributed by atoms with E-state index in [0.29, 0.717) is 10.8 Å². The van der Waals surface area contributed by atoms with E-state index in [1.165, 1.54) is 57.8 Å². The first kappa shape index (κ1) is 21.3. The van der Waals surface area contributed by atoms with Crippen LogP contribution < -0.4 is 0 Å². The predicted octanol–water partition coefficient (Wildman–Crippen LogP) is 6.14. The predicted molar refractivity (Wildman–Crippen MR) is 114 cm³/mol. The third-order valence-electron chi connectivity index (χ3n) is 7.70. The standard InChI is InChI=1S/C12H22O3Si.C11H18/c1-13-16(14-2,15-3)9-8-12-6-4-11(10-12)5-7-12;1-2-3-6-11-7-4-10(9-11)5-8-11/h4,6,11H,5,7-10H2,1-3H3;4,7,10H,2-3,5-6,8-9H2,1H3. The molecule has 0 aromatic rings. The van der Waals surface area contributed by atoms with E-state index in [0.717, 1.165) is 24.3 Å². The van der Waals surface area contributed by atoms with Crippen LogP contribution in [0.5, 0.6) is 0 Å². The lowest BCUT2D eigenvalue weighted by atomic mass is 9.83. The van der Waals surface area contributed by atoms with Gasteiger partial charge in [-0.3, -0.25) is 0 Å². The fraction of sp³-hybridized carbons (Fsp3) is 0.826. The van der Waals surface area contributed by atoms with Gasteiger partial charge in [-0.1, -0.05) is 44.1 Å². The summed E-state index contributed by atoms with van der Waals surface area (Å²) in [6.07, 6.45) is 23.6. The first-order valence-corrected chi connectivity index (χ1v) is 13.0. The summed E-state index contributed by atoms with van der Waals surface area (Å²) in [6, 6.07) is 0.924. The number of rotatable bonds is 9. The average Bonchev–Trinajstić information content (AvgIpc) is 3.49. The van der Waals surface area contributed by atoms with Crippen molar-refractivity contribution in [3.05, 3.63) is 24.3 Å². The van der Waals surface area contributed by atoms with E-state index in [9.17, 15) is 0 Å². The Bertz CT molecular complexity index is 533. The van der Waals surface area contributed by atoms with Gasteiger partial charge >= 0.3 is 8.80 Å². The van der Waals surface area contributed by atoms with E-state index in [2.05, 4.69) is 31.2 Å². The molecule has 2 fully saturated rings. The second kappa shape index (κ2) is 8.94. The highest BCUT2D eigenvalue weighted by molar-refractivity contribution is 6.60. The van der Waals surface area contributed by atoms with Gasteiger partial charge < -0.3 is 13.3 Å². The SMILES string of the molecule is CCCCC12C=CC(CC1)C2.CO[Si](CCC12C=CC(CC1)C2)(OC)OC. The van der Waals surface area contributed by atoms with Gasteiger partial charge in [-0.25, -0.2) is 0 Å². The molecule has 2 saturated carbocycles. The zero-order chi connectivity index (χ0) is 19.4. The second-order valence-electron chi connectivity index (χ2n) is 9.35. The molecule has 154 valence electrons. The van der Waals surface area contributed by atoms with E-state index < -0.39 is 8.80 Å². The van der Waals surface area contributed by atoms with Crippen LogP contribution in [0, 0.1) is 22.7 Å². The lowest BCUT2D eigenvalue weighted by Crippen LogP contribution is -2.43. The third-order valence-corrected chi connectivity index (χ3v) is 10.4. The molecule has 0 aliphatic heterocycles. The highest BCUT2D eigenvalue weighted by atomic mass is 28.4. The van der Waals surface area contributed by atoms with Crippen LogP contribution in [-0.2, 0) is 13.3 Å². The lowest BCUT2D eigenvalue weighted by molar-refractivity contribution is 0.119. The van der Waals surface area contributed by atoms with Gasteiger partial charge in [0.1, 0.15) is 0 Å². The Morgan fingerprint density at radius 2 is 1.37 bits per heavy atom. The lowest BCUT2D eigenvalue weighted by Gasteiger charge is -2.29.